The van der Waals surface area contributed by atoms with Crippen LogP contribution in [0, 0.1) is 0 Å². The summed E-state index contributed by atoms with van der Waals surface area (Å²) >= 11 is 0. The molecule has 0 N–H and O–H groups in total. The Bertz CT molecular complexity index is 1510. The molecule has 2 amide bonds. The van der Waals surface area contributed by atoms with Gasteiger partial charge in [-0.2, -0.15) is 0 Å². The number of fused-ring (bicyclic) bond motifs is 2. The highest BCUT2D eigenvalue weighted by atomic mass is 16.5. The summed E-state index contributed by atoms with van der Waals surface area (Å²) < 4.78 is 12.5. The lowest BCUT2D eigenvalue weighted by atomic mass is 10.1. The molecule has 4 aromatic rings. The summed E-state index contributed by atoms with van der Waals surface area (Å²) in [5.74, 6) is 0.976. The molecule has 0 bridgehead atoms. The molecular formula is C27H24N4O5. The molecule has 1 aliphatic heterocycles. The Morgan fingerprint density at radius 1 is 0.806 bits per heavy atom. The average Bonchev–Trinajstić information content (AvgIpc) is 3.16. The second kappa shape index (κ2) is 9.61. The predicted octanol–water partition coefficient (Wildman–Crippen LogP) is 2.89. The van der Waals surface area contributed by atoms with Crippen molar-refractivity contribution >= 4 is 22.8 Å². The number of pyridine rings is 1. The zero-order valence-electron chi connectivity index (χ0n) is 19.9. The maximum Gasteiger partial charge on any atom is 0.263 e. The van der Waals surface area contributed by atoms with E-state index in [0.29, 0.717) is 52.4 Å². The van der Waals surface area contributed by atoms with Gasteiger partial charge in [0.2, 0.25) is 0 Å². The number of aromatic nitrogens is 3. The fraction of sp³-hybridized carbons (Fsp3) is 0.222. The Hall–Kier alpha value is -4.53. The molecule has 0 fully saturated rings. The Kier molecular flexibility index (Phi) is 6.20. The zero-order valence-corrected chi connectivity index (χ0v) is 19.9. The maximum absolute atomic E-state index is 13.4. The molecule has 1 aliphatic rings. The molecule has 9 nitrogen and oxygen atoms in total. The third kappa shape index (κ3) is 3.98. The minimum Gasteiger partial charge on any atom is -0.493 e. The van der Waals surface area contributed by atoms with Crippen molar-refractivity contribution in [3.63, 3.8) is 0 Å². The van der Waals surface area contributed by atoms with Crippen LogP contribution >= 0.6 is 0 Å². The molecule has 0 spiro atoms. The molecule has 0 atom stereocenters. The first-order chi connectivity index (χ1) is 17.5. The first-order valence-corrected chi connectivity index (χ1v) is 11.5. The van der Waals surface area contributed by atoms with Crippen LogP contribution in [0.5, 0.6) is 11.5 Å². The second-order valence-electron chi connectivity index (χ2n) is 8.32. The number of methoxy groups -OCH3 is 2. The molecule has 9 heteroatoms. The number of aryl methyl sites for hydroxylation is 1. The van der Waals surface area contributed by atoms with Crippen LogP contribution in [0.4, 0.5) is 0 Å². The first-order valence-electron chi connectivity index (χ1n) is 11.5. The quantitative estimate of drug-likeness (QED) is 0.354. The summed E-state index contributed by atoms with van der Waals surface area (Å²) in [7, 11) is 3.15. The van der Waals surface area contributed by atoms with Crippen LogP contribution in [0.3, 0.4) is 0 Å². The van der Waals surface area contributed by atoms with Gasteiger partial charge in [0.1, 0.15) is 5.82 Å². The number of rotatable bonds is 8. The van der Waals surface area contributed by atoms with Crippen LogP contribution in [0.15, 0.2) is 65.6 Å². The molecule has 2 aromatic heterocycles. The van der Waals surface area contributed by atoms with E-state index < -0.39 is 0 Å². The Morgan fingerprint density at radius 2 is 1.56 bits per heavy atom. The number of hydrogen-bond acceptors (Lipinski definition) is 7. The van der Waals surface area contributed by atoms with Gasteiger partial charge in [0, 0.05) is 25.7 Å². The lowest BCUT2D eigenvalue weighted by Crippen LogP contribution is -2.34. The van der Waals surface area contributed by atoms with Crippen molar-refractivity contribution in [1.29, 1.82) is 0 Å². The molecule has 36 heavy (non-hydrogen) atoms. The molecule has 0 radical (unpaired) electrons. The van der Waals surface area contributed by atoms with Gasteiger partial charge in [0.25, 0.3) is 17.4 Å². The highest BCUT2D eigenvalue weighted by Crippen LogP contribution is 2.31. The monoisotopic (exact) mass is 484 g/mol. The summed E-state index contributed by atoms with van der Waals surface area (Å²) in [6.45, 7) is 0.414. The number of amides is 2. The summed E-state index contributed by atoms with van der Waals surface area (Å²) in [6, 6.07) is 15.7. The number of nitrogens with zero attached hydrogens (tertiary/aromatic N) is 4. The van der Waals surface area contributed by atoms with Gasteiger partial charge in [-0.3, -0.25) is 23.9 Å². The fourth-order valence-electron chi connectivity index (χ4n) is 4.56. The van der Waals surface area contributed by atoms with Gasteiger partial charge >= 0.3 is 0 Å². The minimum absolute atomic E-state index is 0.0968. The van der Waals surface area contributed by atoms with E-state index in [4.69, 9.17) is 9.47 Å². The largest absolute Gasteiger partial charge is 0.493 e. The SMILES string of the molecule is COc1cccc(CCn2c(CCN3C(=O)c4ccccc4C3=O)nc3ncccc3c2=O)c1OC. The molecule has 0 aliphatic carbocycles. The summed E-state index contributed by atoms with van der Waals surface area (Å²) in [4.78, 5) is 49.1. The Labute approximate surface area is 206 Å². The lowest BCUT2D eigenvalue weighted by molar-refractivity contribution is 0.0655. The van der Waals surface area contributed by atoms with E-state index in [2.05, 4.69) is 9.97 Å². The third-order valence-electron chi connectivity index (χ3n) is 6.34. The first kappa shape index (κ1) is 23.2. The van der Waals surface area contributed by atoms with E-state index in [1.807, 2.05) is 18.2 Å². The molecule has 182 valence electrons. The highest BCUT2D eigenvalue weighted by Gasteiger charge is 2.35. The van der Waals surface area contributed by atoms with E-state index in [1.54, 1.807) is 61.4 Å². The van der Waals surface area contributed by atoms with Crippen LogP contribution in [0.1, 0.15) is 32.1 Å². The van der Waals surface area contributed by atoms with Crippen LogP contribution in [-0.2, 0) is 19.4 Å². The summed E-state index contributed by atoms with van der Waals surface area (Å²) in [6.07, 6.45) is 2.27. The van der Waals surface area contributed by atoms with Crippen LogP contribution in [0.25, 0.3) is 11.0 Å². The van der Waals surface area contributed by atoms with Gasteiger partial charge < -0.3 is 9.47 Å². The van der Waals surface area contributed by atoms with Gasteiger partial charge in [-0.05, 0) is 42.3 Å². The number of hydrogen-bond donors (Lipinski definition) is 0. The molecule has 2 aromatic carbocycles. The maximum atomic E-state index is 13.4. The van der Waals surface area contributed by atoms with Crippen LogP contribution < -0.4 is 15.0 Å². The van der Waals surface area contributed by atoms with Crippen molar-refractivity contribution in [3.05, 3.63) is 93.7 Å². The Morgan fingerprint density at radius 3 is 2.25 bits per heavy atom. The van der Waals surface area contributed by atoms with Gasteiger partial charge in [0.15, 0.2) is 17.1 Å². The van der Waals surface area contributed by atoms with Crippen molar-refractivity contribution < 1.29 is 19.1 Å². The van der Waals surface area contributed by atoms with E-state index in [-0.39, 0.29) is 30.3 Å². The zero-order chi connectivity index (χ0) is 25.2. The molecule has 0 saturated carbocycles. The number of para-hydroxylation sites is 1. The lowest BCUT2D eigenvalue weighted by Gasteiger charge is -2.18. The van der Waals surface area contributed by atoms with Gasteiger partial charge in [0.05, 0.1) is 30.7 Å². The number of benzene rings is 2. The minimum atomic E-state index is -0.343. The average molecular weight is 485 g/mol. The van der Waals surface area contributed by atoms with Crippen LogP contribution in [0.2, 0.25) is 0 Å². The number of ether oxygens (including phenoxy) is 2. The molecule has 3 heterocycles. The van der Waals surface area contributed by atoms with Crippen molar-refractivity contribution in [3.8, 4) is 11.5 Å². The van der Waals surface area contributed by atoms with Crippen molar-refractivity contribution in [2.75, 3.05) is 20.8 Å². The topological polar surface area (TPSA) is 104 Å². The standard InChI is InChI=1S/C27H24N4O5/c1-35-21-11-5-7-17(23(21)36-2)12-15-30-22(29-24-20(27(30)34)10-6-14-28-24)13-16-31-25(32)18-8-3-4-9-19(18)26(31)33/h3-11,14H,12-13,15-16H2,1-2H3. The van der Waals surface area contributed by atoms with Crippen molar-refractivity contribution in [2.45, 2.75) is 19.4 Å². The van der Waals surface area contributed by atoms with Gasteiger partial charge in [-0.25, -0.2) is 9.97 Å². The molecule has 0 saturated heterocycles. The smallest absolute Gasteiger partial charge is 0.263 e. The Balaban J connectivity index is 1.47. The highest BCUT2D eigenvalue weighted by molar-refractivity contribution is 6.21. The van der Waals surface area contributed by atoms with Crippen LogP contribution in [-0.4, -0.2) is 52.0 Å². The number of imide groups is 1. The molecule has 0 unspecified atom stereocenters. The van der Waals surface area contributed by atoms with E-state index in [1.165, 1.54) is 4.90 Å². The summed E-state index contributed by atoms with van der Waals surface area (Å²) in [5, 5.41) is 0.402. The molecular weight excluding hydrogens is 460 g/mol. The second-order valence-corrected chi connectivity index (χ2v) is 8.32. The summed E-state index contributed by atoms with van der Waals surface area (Å²) in [5.41, 5.74) is 1.75. The fourth-order valence-corrected chi connectivity index (χ4v) is 4.56. The van der Waals surface area contributed by atoms with Gasteiger partial charge in [-0.1, -0.05) is 24.3 Å². The van der Waals surface area contributed by atoms with E-state index >= 15 is 0 Å². The van der Waals surface area contributed by atoms with E-state index in [9.17, 15) is 14.4 Å². The van der Waals surface area contributed by atoms with E-state index in [0.717, 1.165) is 5.56 Å². The van der Waals surface area contributed by atoms with Gasteiger partial charge in [-0.15, -0.1) is 0 Å². The molecule has 5 rings (SSSR count). The normalized spacial score (nSPS) is 12.8. The van der Waals surface area contributed by atoms with Crippen molar-refractivity contribution in [2.24, 2.45) is 0 Å². The predicted molar refractivity (Wildman–Crippen MR) is 133 cm³/mol. The number of carbonyl (C=O) groups excluding carboxylic acids is 2. The van der Waals surface area contributed by atoms with Crippen molar-refractivity contribution in [1.82, 2.24) is 19.4 Å². The number of carbonyl (C=O) groups is 2. The third-order valence-corrected chi connectivity index (χ3v) is 6.34.